The predicted molar refractivity (Wildman–Crippen MR) is 128 cm³/mol. The maximum absolute atomic E-state index is 14.2. The zero-order chi connectivity index (χ0) is 23.4. The lowest BCUT2D eigenvalue weighted by atomic mass is 9.86. The van der Waals surface area contributed by atoms with E-state index in [4.69, 9.17) is 5.11 Å². The summed E-state index contributed by atoms with van der Waals surface area (Å²) in [6.07, 6.45) is 4.42. The minimum absolute atomic E-state index is 0.0839. The Labute approximate surface area is 193 Å². The molecule has 0 saturated heterocycles. The lowest BCUT2D eigenvalue weighted by Crippen LogP contribution is -2.25. The number of nitrogens with one attached hydrogen (secondary N) is 1. The Balaban J connectivity index is 1.36. The molecule has 0 aromatic heterocycles. The Morgan fingerprint density at radius 1 is 1.03 bits per heavy atom. The number of carbonyl (C=O) groups is 2. The molecule has 0 bridgehead atoms. The second kappa shape index (κ2) is 10.2. The first kappa shape index (κ1) is 23.0. The quantitative estimate of drug-likeness (QED) is 0.428. The summed E-state index contributed by atoms with van der Waals surface area (Å²) in [6, 6.07) is 18.9. The van der Waals surface area contributed by atoms with E-state index in [1.807, 2.05) is 54.6 Å². The van der Waals surface area contributed by atoms with Crippen molar-refractivity contribution in [1.82, 2.24) is 5.32 Å². The molecule has 4 nitrogen and oxygen atoms in total. The van der Waals surface area contributed by atoms with Crippen molar-refractivity contribution in [2.24, 2.45) is 5.92 Å². The molecule has 1 amide bonds. The molecule has 3 aromatic carbocycles. The third-order valence-corrected chi connectivity index (χ3v) is 6.93. The maximum atomic E-state index is 14.2. The van der Waals surface area contributed by atoms with Gasteiger partial charge in [-0.25, -0.2) is 4.39 Å². The third-order valence-electron chi connectivity index (χ3n) is 6.93. The van der Waals surface area contributed by atoms with Crippen molar-refractivity contribution in [3.63, 3.8) is 0 Å². The molecule has 0 heterocycles. The molecule has 2 N–H and O–H groups in total. The van der Waals surface area contributed by atoms with Gasteiger partial charge in [-0.1, -0.05) is 49.4 Å². The molecule has 0 unspecified atom stereocenters. The average Bonchev–Trinajstić information content (AvgIpc) is 3.27. The summed E-state index contributed by atoms with van der Waals surface area (Å²) in [5.74, 6) is 0.123. The van der Waals surface area contributed by atoms with E-state index >= 15 is 0 Å². The van der Waals surface area contributed by atoms with Crippen LogP contribution in [-0.4, -0.2) is 23.5 Å². The molecule has 3 atom stereocenters. The van der Waals surface area contributed by atoms with Crippen LogP contribution >= 0.6 is 0 Å². The number of benzene rings is 3. The number of hydrogen-bond acceptors (Lipinski definition) is 2. The standard InChI is InChI=1S/C28H30FNO3/c1-18(23-12-13-26(29)25-5-3-2-4-24(23)25)16-19-6-7-22(17-19)20-8-10-21(11-9-20)28(33)30-15-14-27(31)32/h2-5,8-13,18-19,22H,6-7,14-17H2,1H3,(H,30,33)(H,31,32)/t18-,19+,22+/m0/s1. The molecule has 0 spiro atoms. The SMILES string of the molecule is C[C@@H](C[C@H]1CC[C@@H](c2ccc(C(=O)NCCC(=O)O)cc2)C1)c1ccc(F)c2ccccc12. The highest BCUT2D eigenvalue weighted by Gasteiger charge is 2.28. The van der Waals surface area contributed by atoms with E-state index in [-0.39, 0.29) is 24.7 Å². The van der Waals surface area contributed by atoms with Gasteiger partial charge in [0.05, 0.1) is 6.42 Å². The van der Waals surface area contributed by atoms with Crippen LogP contribution in [0.25, 0.3) is 10.8 Å². The van der Waals surface area contributed by atoms with E-state index in [9.17, 15) is 14.0 Å². The Bertz CT molecular complexity index is 1140. The lowest BCUT2D eigenvalue weighted by Gasteiger charge is -2.19. The summed E-state index contributed by atoms with van der Waals surface area (Å²) in [5.41, 5.74) is 3.02. The molecule has 0 aliphatic heterocycles. The molecule has 1 fully saturated rings. The monoisotopic (exact) mass is 447 g/mol. The lowest BCUT2D eigenvalue weighted by molar-refractivity contribution is -0.136. The summed E-state index contributed by atoms with van der Waals surface area (Å²) in [7, 11) is 0. The first-order valence-corrected chi connectivity index (χ1v) is 11.7. The number of fused-ring (bicyclic) bond motifs is 1. The van der Waals surface area contributed by atoms with Crippen molar-refractivity contribution in [1.29, 1.82) is 0 Å². The van der Waals surface area contributed by atoms with Crippen molar-refractivity contribution in [2.75, 3.05) is 6.54 Å². The number of carbonyl (C=O) groups excluding carboxylic acids is 1. The Kier molecular flexibility index (Phi) is 7.07. The second-order valence-corrected chi connectivity index (χ2v) is 9.22. The number of amides is 1. The van der Waals surface area contributed by atoms with Gasteiger partial charge in [0, 0.05) is 17.5 Å². The zero-order valence-electron chi connectivity index (χ0n) is 18.9. The van der Waals surface area contributed by atoms with Crippen molar-refractivity contribution >= 4 is 22.6 Å². The van der Waals surface area contributed by atoms with Crippen LogP contribution in [-0.2, 0) is 4.79 Å². The van der Waals surface area contributed by atoms with Crippen LogP contribution in [0.3, 0.4) is 0 Å². The van der Waals surface area contributed by atoms with E-state index in [1.165, 1.54) is 17.5 Å². The topological polar surface area (TPSA) is 66.4 Å². The summed E-state index contributed by atoms with van der Waals surface area (Å²) in [5, 5.41) is 13.0. The van der Waals surface area contributed by atoms with Gasteiger partial charge in [0.2, 0.25) is 0 Å². The van der Waals surface area contributed by atoms with Crippen LogP contribution in [0, 0.1) is 11.7 Å². The highest BCUT2D eigenvalue weighted by molar-refractivity contribution is 5.94. The van der Waals surface area contributed by atoms with E-state index in [0.717, 1.165) is 24.6 Å². The summed E-state index contributed by atoms with van der Waals surface area (Å²) >= 11 is 0. The Morgan fingerprint density at radius 3 is 2.48 bits per heavy atom. The predicted octanol–water partition coefficient (Wildman–Crippen LogP) is 6.26. The molecule has 172 valence electrons. The van der Waals surface area contributed by atoms with Crippen LogP contribution in [0.4, 0.5) is 4.39 Å². The molecule has 1 aliphatic carbocycles. The number of halogens is 1. The highest BCUT2D eigenvalue weighted by atomic mass is 19.1. The van der Waals surface area contributed by atoms with Gasteiger partial charge in [0.1, 0.15) is 5.82 Å². The number of aliphatic carboxylic acids is 1. The van der Waals surface area contributed by atoms with Gasteiger partial charge in [-0.3, -0.25) is 9.59 Å². The molecular weight excluding hydrogens is 417 g/mol. The van der Waals surface area contributed by atoms with Crippen molar-refractivity contribution in [3.8, 4) is 0 Å². The molecule has 1 aliphatic rings. The molecule has 3 aromatic rings. The molecule has 1 saturated carbocycles. The number of carboxylic acids is 1. The molecule has 33 heavy (non-hydrogen) atoms. The average molecular weight is 448 g/mol. The zero-order valence-corrected chi connectivity index (χ0v) is 18.9. The largest absolute Gasteiger partial charge is 0.481 e. The van der Waals surface area contributed by atoms with E-state index < -0.39 is 5.97 Å². The normalized spacial score (nSPS) is 18.8. The summed E-state index contributed by atoms with van der Waals surface area (Å²) in [6.45, 7) is 2.37. The third kappa shape index (κ3) is 5.41. The first-order chi connectivity index (χ1) is 15.9. The molecular formula is C28H30FNO3. The maximum Gasteiger partial charge on any atom is 0.305 e. The van der Waals surface area contributed by atoms with Crippen LogP contribution in [0.1, 0.15) is 72.3 Å². The Hall–Kier alpha value is -3.21. The van der Waals surface area contributed by atoms with E-state index in [1.54, 1.807) is 6.07 Å². The van der Waals surface area contributed by atoms with Crippen molar-refractivity contribution in [2.45, 2.75) is 50.9 Å². The van der Waals surface area contributed by atoms with Gasteiger partial charge >= 0.3 is 5.97 Å². The van der Waals surface area contributed by atoms with Gasteiger partial charge in [-0.2, -0.15) is 0 Å². The van der Waals surface area contributed by atoms with Crippen LogP contribution in [0.2, 0.25) is 0 Å². The Morgan fingerprint density at radius 2 is 1.76 bits per heavy atom. The first-order valence-electron chi connectivity index (χ1n) is 11.7. The minimum atomic E-state index is -0.927. The smallest absolute Gasteiger partial charge is 0.305 e. The van der Waals surface area contributed by atoms with Crippen molar-refractivity contribution in [3.05, 3.63) is 83.2 Å². The van der Waals surface area contributed by atoms with Crippen LogP contribution in [0.15, 0.2) is 60.7 Å². The van der Waals surface area contributed by atoms with E-state index in [2.05, 4.69) is 12.2 Å². The minimum Gasteiger partial charge on any atom is -0.481 e. The van der Waals surface area contributed by atoms with Crippen molar-refractivity contribution < 1.29 is 19.1 Å². The summed E-state index contributed by atoms with van der Waals surface area (Å²) < 4.78 is 14.2. The van der Waals surface area contributed by atoms with Crippen LogP contribution < -0.4 is 5.32 Å². The molecule has 5 heteroatoms. The van der Waals surface area contributed by atoms with E-state index in [0.29, 0.717) is 28.7 Å². The van der Waals surface area contributed by atoms with Gasteiger partial charge < -0.3 is 10.4 Å². The molecule has 4 rings (SSSR count). The van der Waals surface area contributed by atoms with Gasteiger partial charge in [-0.05, 0) is 78.1 Å². The number of carboxylic acid groups (broad SMARTS) is 1. The number of rotatable bonds is 8. The fourth-order valence-electron chi connectivity index (χ4n) is 5.23. The second-order valence-electron chi connectivity index (χ2n) is 9.22. The fourth-order valence-corrected chi connectivity index (χ4v) is 5.23. The van der Waals surface area contributed by atoms with Crippen LogP contribution in [0.5, 0.6) is 0 Å². The molecule has 0 radical (unpaired) electrons. The fraction of sp³-hybridized carbons (Fsp3) is 0.357. The summed E-state index contributed by atoms with van der Waals surface area (Å²) in [4.78, 5) is 22.7. The van der Waals surface area contributed by atoms with Gasteiger partial charge in [0.25, 0.3) is 5.91 Å². The van der Waals surface area contributed by atoms with Gasteiger partial charge in [-0.15, -0.1) is 0 Å². The van der Waals surface area contributed by atoms with Gasteiger partial charge in [0.15, 0.2) is 0 Å². The number of hydrogen-bond donors (Lipinski definition) is 2. The highest BCUT2D eigenvalue weighted by Crippen LogP contribution is 2.43.